The van der Waals surface area contributed by atoms with Gasteiger partial charge in [-0.3, -0.25) is 4.79 Å². The van der Waals surface area contributed by atoms with Gasteiger partial charge in [0, 0.05) is 5.56 Å². The van der Waals surface area contributed by atoms with Gasteiger partial charge in [0.15, 0.2) is 5.65 Å². The lowest BCUT2D eigenvalue weighted by atomic mass is 10.1. The Hall–Kier alpha value is -3.07. The number of likely N-dealkylation sites (N-methyl/N-ethyl adjacent to an activating group) is 1. The first-order valence-corrected chi connectivity index (χ1v) is 9.39. The van der Waals surface area contributed by atoms with E-state index in [4.69, 9.17) is 4.74 Å². The van der Waals surface area contributed by atoms with E-state index in [0.717, 1.165) is 17.6 Å². The molecule has 1 aromatic carbocycles. The number of nitrogens with zero attached hydrogens (tertiary/aromatic N) is 4. The van der Waals surface area contributed by atoms with Crippen LogP contribution in [0.2, 0.25) is 0 Å². The van der Waals surface area contributed by atoms with Crippen LogP contribution in [-0.2, 0) is 0 Å². The maximum atomic E-state index is 13.7. The molecule has 2 aromatic heterocycles. The molecular formula is C20H22F2N5O2+. The van der Waals surface area contributed by atoms with E-state index < -0.39 is 6.43 Å². The first kappa shape index (κ1) is 19.3. The molecule has 1 aliphatic heterocycles. The van der Waals surface area contributed by atoms with Crippen LogP contribution in [0.5, 0.6) is 5.75 Å². The lowest BCUT2D eigenvalue weighted by molar-refractivity contribution is -0.883. The summed E-state index contributed by atoms with van der Waals surface area (Å²) in [4.78, 5) is 20.6. The maximum Gasteiger partial charge on any atom is 0.280 e. The molecule has 29 heavy (non-hydrogen) atoms. The summed E-state index contributed by atoms with van der Waals surface area (Å²) in [5.74, 6) is 0.424. The summed E-state index contributed by atoms with van der Waals surface area (Å²) in [6.07, 6.45) is -1.42. The Kier molecular flexibility index (Phi) is 5.14. The zero-order valence-corrected chi connectivity index (χ0v) is 16.2. The molecule has 0 saturated carbocycles. The third-order valence-corrected chi connectivity index (χ3v) is 5.24. The number of amides is 1. The fourth-order valence-electron chi connectivity index (χ4n) is 3.46. The standard InChI is InChI=1S/C20H21F2N5O2/c1-25-7-9-26(10-8-25)20(28)15-12-23-27-17(18(21)22)11-16(24-19(15)27)13-3-5-14(29-2)6-4-13/h3-6,11-12,18H,7-10H2,1-2H3/p+1. The molecule has 0 spiro atoms. The van der Waals surface area contributed by atoms with E-state index >= 15 is 0 Å². The van der Waals surface area contributed by atoms with E-state index in [-0.39, 0.29) is 22.8 Å². The molecule has 9 heteroatoms. The highest BCUT2D eigenvalue weighted by atomic mass is 19.3. The molecule has 1 fully saturated rings. The largest absolute Gasteiger partial charge is 0.497 e. The highest BCUT2D eigenvalue weighted by Crippen LogP contribution is 2.28. The molecule has 0 radical (unpaired) electrons. The summed E-state index contributed by atoms with van der Waals surface area (Å²) < 4.78 is 33.6. The summed E-state index contributed by atoms with van der Waals surface area (Å²) in [5, 5.41) is 4.03. The van der Waals surface area contributed by atoms with Crippen LogP contribution in [0.3, 0.4) is 0 Å². The van der Waals surface area contributed by atoms with Gasteiger partial charge in [0.1, 0.15) is 17.0 Å². The van der Waals surface area contributed by atoms with Crippen LogP contribution >= 0.6 is 0 Å². The number of methoxy groups -OCH3 is 1. The number of benzene rings is 1. The molecule has 0 atom stereocenters. The first-order chi connectivity index (χ1) is 14.0. The molecule has 152 valence electrons. The Bertz CT molecular complexity index is 1030. The minimum atomic E-state index is -2.76. The van der Waals surface area contributed by atoms with Gasteiger partial charge < -0.3 is 14.5 Å². The predicted molar refractivity (Wildman–Crippen MR) is 102 cm³/mol. The van der Waals surface area contributed by atoms with Gasteiger partial charge in [0.25, 0.3) is 12.3 Å². The number of rotatable bonds is 4. The fourth-order valence-corrected chi connectivity index (χ4v) is 3.46. The van der Waals surface area contributed by atoms with Gasteiger partial charge in [0.05, 0.1) is 52.2 Å². The second-order valence-corrected chi connectivity index (χ2v) is 7.14. The SMILES string of the molecule is COc1ccc(-c2cc(C(F)F)n3ncc(C(=O)N4CC[NH+](C)CC4)c3n2)cc1. The Balaban J connectivity index is 1.78. The van der Waals surface area contributed by atoms with Gasteiger partial charge in [-0.2, -0.15) is 5.10 Å². The summed E-state index contributed by atoms with van der Waals surface area (Å²) in [5.41, 5.74) is 1.08. The van der Waals surface area contributed by atoms with Gasteiger partial charge >= 0.3 is 0 Å². The van der Waals surface area contributed by atoms with Crippen LogP contribution in [0, 0.1) is 0 Å². The maximum absolute atomic E-state index is 13.7. The second-order valence-electron chi connectivity index (χ2n) is 7.14. The quantitative estimate of drug-likeness (QED) is 0.715. The molecule has 7 nitrogen and oxygen atoms in total. The Labute approximate surface area is 166 Å². The van der Waals surface area contributed by atoms with Gasteiger partial charge in [-0.05, 0) is 30.3 Å². The van der Waals surface area contributed by atoms with Crippen molar-refractivity contribution in [3.8, 4) is 17.0 Å². The number of carbonyl (C=O) groups is 1. The van der Waals surface area contributed by atoms with E-state index in [9.17, 15) is 13.6 Å². The Morgan fingerprint density at radius 1 is 1.21 bits per heavy atom. The minimum absolute atomic E-state index is 0.143. The number of nitrogens with one attached hydrogen (secondary N) is 1. The zero-order chi connectivity index (χ0) is 20.5. The molecule has 0 unspecified atom stereocenters. The van der Waals surface area contributed by atoms with Crippen LogP contribution in [0.15, 0.2) is 36.5 Å². The van der Waals surface area contributed by atoms with E-state index in [1.165, 1.54) is 17.2 Å². The van der Waals surface area contributed by atoms with Crippen molar-refractivity contribution >= 4 is 11.6 Å². The molecule has 1 saturated heterocycles. The third-order valence-electron chi connectivity index (χ3n) is 5.24. The van der Waals surface area contributed by atoms with E-state index in [2.05, 4.69) is 17.1 Å². The fraction of sp³-hybridized carbons (Fsp3) is 0.350. The smallest absolute Gasteiger partial charge is 0.280 e. The minimum Gasteiger partial charge on any atom is -0.497 e. The van der Waals surface area contributed by atoms with E-state index in [1.54, 1.807) is 36.3 Å². The number of piperazine rings is 1. The van der Waals surface area contributed by atoms with Crippen LogP contribution in [0.1, 0.15) is 22.5 Å². The van der Waals surface area contributed by atoms with E-state index in [1.807, 2.05) is 0 Å². The van der Waals surface area contributed by atoms with Crippen molar-refractivity contribution in [2.75, 3.05) is 40.3 Å². The molecule has 1 amide bonds. The summed E-state index contributed by atoms with van der Waals surface area (Å²) in [7, 11) is 3.63. The number of halogens is 2. The number of quaternary nitrogens is 1. The third kappa shape index (κ3) is 3.65. The van der Waals surface area contributed by atoms with Crippen molar-refractivity contribution in [1.29, 1.82) is 0 Å². The number of alkyl halides is 2. The lowest BCUT2D eigenvalue weighted by Crippen LogP contribution is -3.12. The van der Waals surface area contributed by atoms with Gasteiger partial charge in [0.2, 0.25) is 0 Å². The van der Waals surface area contributed by atoms with Crippen molar-refractivity contribution in [2.24, 2.45) is 0 Å². The normalized spacial score (nSPS) is 15.3. The summed E-state index contributed by atoms with van der Waals surface area (Å²) >= 11 is 0. The first-order valence-electron chi connectivity index (χ1n) is 9.39. The molecule has 4 rings (SSSR count). The Morgan fingerprint density at radius 2 is 1.90 bits per heavy atom. The number of carbonyl (C=O) groups excluding carboxylic acids is 1. The molecule has 0 bridgehead atoms. The average Bonchev–Trinajstić information content (AvgIpc) is 3.17. The number of fused-ring (bicyclic) bond motifs is 1. The highest BCUT2D eigenvalue weighted by Gasteiger charge is 2.27. The molecule has 3 heterocycles. The molecule has 1 aliphatic rings. The topological polar surface area (TPSA) is 64.2 Å². The van der Waals surface area contributed by atoms with Crippen LogP contribution < -0.4 is 9.64 Å². The number of hydrogen-bond donors (Lipinski definition) is 1. The van der Waals surface area contributed by atoms with Crippen molar-refractivity contribution in [2.45, 2.75) is 6.43 Å². The highest BCUT2D eigenvalue weighted by molar-refractivity contribution is 6.00. The van der Waals surface area contributed by atoms with Crippen molar-refractivity contribution in [1.82, 2.24) is 19.5 Å². The second kappa shape index (κ2) is 7.75. The predicted octanol–water partition coefficient (Wildman–Crippen LogP) is 1.31. The van der Waals surface area contributed by atoms with Crippen LogP contribution in [0.25, 0.3) is 16.9 Å². The molecule has 3 aromatic rings. The zero-order valence-electron chi connectivity index (χ0n) is 16.2. The van der Waals surface area contributed by atoms with Crippen LogP contribution in [0.4, 0.5) is 8.78 Å². The van der Waals surface area contributed by atoms with E-state index in [0.29, 0.717) is 30.1 Å². The Morgan fingerprint density at radius 3 is 2.52 bits per heavy atom. The van der Waals surface area contributed by atoms with Gasteiger partial charge in [-0.25, -0.2) is 18.3 Å². The molecule has 1 N–H and O–H groups in total. The monoisotopic (exact) mass is 402 g/mol. The summed E-state index contributed by atoms with van der Waals surface area (Å²) in [6, 6.07) is 8.26. The average molecular weight is 402 g/mol. The van der Waals surface area contributed by atoms with Crippen molar-refractivity contribution in [3.05, 3.63) is 47.8 Å². The van der Waals surface area contributed by atoms with Gasteiger partial charge in [-0.1, -0.05) is 0 Å². The van der Waals surface area contributed by atoms with Crippen molar-refractivity contribution < 1.29 is 23.2 Å². The molecule has 0 aliphatic carbocycles. The van der Waals surface area contributed by atoms with Gasteiger partial charge in [-0.15, -0.1) is 0 Å². The number of aromatic nitrogens is 3. The van der Waals surface area contributed by atoms with Crippen molar-refractivity contribution in [3.63, 3.8) is 0 Å². The van der Waals surface area contributed by atoms with Crippen LogP contribution in [-0.4, -0.2) is 65.7 Å². The lowest BCUT2D eigenvalue weighted by Gasteiger charge is -2.29. The summed E-state index contributed by atoms with van der Waals surface area (Å²) in [6.45, 7) is 2.92. The molecular weight excluding hydrogens is 380 g/mol. The number of hydrogen-bond acceptors (Lipinski definition) is 4. The number of ether oxygens (including phenoxy) is 1.